The molecule has 0 radical (unpaired) electrons. The highest BCUT2D eigenvalue weighted by molar-refractivity contribution is 6.02. The number of carbonyl (C=O) groups excluding carboxylic acids is 3. The summed E-state index contributed by atoms with van der Waals surface area (Å²) in [6.07, 6.45) is 0. The van der Waals surface area contributed by atoms with Gasteiger partial charge in [0.1, 0.15) is 6.04 Å². The van der Waals surface area contributed by atoms with Crippen LogP contribution in [-0.4, -0.2) is 43.6 Å². The van der Waals surface area contributed by atoms with E-state index in [0.717, 1.165) is 0 Å². The first-order valence-electron chi connectivity index (χ1n) is 5.65. The molecule has 7 heteroatoms. The molecule has 0 saturated carbocycles. The van der Waals surface area contributed by atoms with Crippen LogP contribution in [0.1, 0.15) is 20.8 Å². The Morgan fingerprint density at radius 2 is 1.78 bits per heavy atom. The van der Waals surface area contributed by atoms with Gasteiger partial charge in [0.2, 0.25) is 5.91 Å². The predicted molar refractivity (Wildman–Crippen MR) is 63.4 cm³/mol. The summed E-state index contributed by atoms with van der Waals surface area (Å²) < 4.78 is 9.16. The standard InChI is InChI=1S/C11H20N2O5/c1-5-18-10(15)7(12)9(14)13-8(6(2)3)11(16)17-4/h6-8H,5,12H2,1-4H3,(H,13,14). The minimum atomic E-state index is -1.45. The average molecular weight is 260 g/mol. The first-order chi connectivity index (χ1) is 8.34. The van der Waals surface area contributed by atoms with E-state index in [9.17, 15) is 14.4 Å². The Labute approximate surface area is 106 Å². The van der Waals surface area contributed by atoms with Crippen molar-refractivity contribution in [3.63, 3.8) is 0 Å². The van der Waals surface area contributed by atoms with Crippen LogP contribution < -0.4 is 11.1 Å². The van der Waals surface area contributed by atoms with Crippen molar-refractivity contribution in [1.82, 2.24) is 5.32 Å². The zero-order chi connectivity index (χ0) is 14.3. The molecule has 0 aromatic carbocycles. The van der Waals surface area contributed by atoms with E-state index in [-0.39, 0.29) is 12.5 Å². The van der Waals surface area contributed by atoms with E-state index in [2.05, 4.69) is 14.8 Å². The Bertz CT molecular complexity index is 317. The maximum absolute atomic E-state index is 11.6. The second-order valence-corrected chi connectivity index (χ2v) is 3.98. The van der Waals surface area contributed by atoms with Crippen molar-refractivity contribution >= 4 is 17.8 Å². The maximum Gasteiger partial charge on any atom is 0.332 e. The van der Waals surface area contributed by atoms with Crippen molar-refractivity contribution in [3.05, 3.63) is 0 Å². The molecule has 7 nitrogen and oxygen atoms in total. The van der Waals surface area contributed by atoms with Crippen LogP contribution in [0.5, 0.6) is 0 Å². The molecular formula is C11H20N2O5. The lowest BCUT2D eigenvalue weighted by Gasteiger charge is -2.21. The van der Waals surface area contributed by atoms with Gasteiger partial charge in [-0.05, 0) is 12.8 Å². The topological polar surface area (TPSA) is 108 Å². The first kappa shape index (κ1) is 16.4. The van der Waals surface area contributed by atoms with Crippen molar-refractivity contribution in [1.29, 1.82) is 0 Å². The van der Waals surface area contributed by atoms with E-state index < -0.39 is 29.9 Å². The molecule has 0 heterocycles. The molecule has 0 fully saturated rings. The van der Waals surface area contributed by atoms with E-state index >= 15 is 0 Å². The summed E-state index contributed by atoms with van der Waals surface area (Å²) in [5.41, 5.74) is 5.40. The Kier molecular flexibility index (Phi) is 6.96. The molecule has 0 aliphatic heterocycles. The van der Waals surface area contributed by atoms with E-state index in [0.29, 0.717) is 0 Å². The second kappa shape index (κ2) is 7.65. The van der Waals surface area contributed by atoms with Crippen LogP contribution in [0, 0.1) is 5.92 Å². The highest BCUT2D eigenvalue weighted by Gasteiger charge is 2.30. The fourth-order valence-corrected chi connectivity index (χ4v) is 1.21. The lowest BCUT2D eigenvalue weighted by molar-refractivity contribution is -0.151. The normalized spacial score (nSPS) is 13.7. The van der Waals surface area contributed by atoms with Gasteiger partial charge in [0.25, 0.3) is 0 Å². The summed E-state index contributed by atoms with van der Waals surface area (Å²) in [6, 6.07) is -2.29. The van der Waals surface area contributed by atoms with Crippen LogP contribution in [0.15, 0.2) is 0 Å². The minimum Gasteiger partial charge on any atom is -0.467 e. The van der Waals surface area contributed by atoms with Crippen molar-refractivity contribution < 1.29 is 23.9 Å². The quantitative estimate of drug-likeness (QED) is 0.477. The third kappa shape index (κ3) is 4.70. The molecule has 0 spiro atoms. The Morgan fingerprint density at radius 1 is 1.22 bits per heavy atom. The van der Waals surface area contributed by atoms with Gasteiger partial charge in [-0.25, -0.2) is 9.59 Å². The number of rotatable bonds is 6. The van der Waals surface area contributed by atoms with Gasteiger partial charge in [-0.3, -0.25) is 4.79 Å². The number of amides is 1. The summed E-state index contributed by atoms with van der Waals surface area (Å²) in [5, 5.41) is 2.37. The minimum absolute atomic E-state index is 0.129. The third-order valence-electron chi connectivity index (χ3n) is 2.24. The fraction of sp³-hybridized carbons (Fsp3) is 0.727. The molecule has 104 valence electrons. The van der Waals surface area contributed by atoms with Gasteiger partial charge in [-0.15, -0.1) is 0 Å². The molecule has 0 aromatic rings. The highest BCUT2D eigenvalue weighted by Crippen LogP contribution is 2.04. The van der Waals surface area contributed by atoms with Crippen molar-refractivity contribution in [2.75, 3.05) is 13.7 Å². The van der Waals surface area contributed by atoms with Crippen LogP contribution in [0.2, 0.25) is 0 Å². The summed E-state index contributed by atoms with van der Waals surface area (Å²) in [6.45, 7) is 5.20. The van der Waals surface area contributed by atoms with E-state index in [1.54, 1.807) is 20.8 Å². The van der Waals surface area contributed by atoms with Gasteiger partial charge in [0.05, 0.1) is 13.7 Å². The number of carbonyl (C=O) groups is 3. The molecule has 0 aromatic heterocycles. The van der Waals surface area contributed by atoms with Crippen LogP contribution >= 0.6 is 0 Å². The molecule has 0 aliphatic rings. The van der Waals surface area contributed by atoms with Crippen molar-refractivity contribution in [2.45, 2.75) is 32.9 Å². The second-order valence-electron chi connectivity index (χ2n) is 3.98. The number of hydrogen-bond donors (Lipinski definition) is 2. The molecular weight excluding hydrogens is 240 g/mol. The maximum atomic E-state index is 11.6. The summed E-state index contributed by atoms with van der Waals surface area (Å²) in [4.78, 5) is 34.3. The summed E-state index contributed by atoms with van der Waals surface area (Å²) >= 11 is 0. The average Bonchev–Trinajstić information content (AvgIpc) is 2.33. The van der Waals surface area contributed by atoms with E-state index in [1.807, 2.05) is 0 Å². The zero-order valence-corrected chi connectivity index (χ0v) is 11.1. The molecule has 1 amide bonds. The molecule has 18 heavy (non-hydrogen) atoms. The predicted octanol–water partition coefficient (Wildman–Crippen LogP) is -0.809. The zero-order valence-electron chi connectivity index (χ0n) is 11.1. The Balaban J connectivity index is 4.60. The van der Waals surface area contributed by atoms with Crippen molar-refractivity contribution in [2.24, 2.45) is 11.7 Å². The van der Waals surface area contributed by atoms with Crippen LogP contribution in [0.25, 0.3) is 0 Å². The smallest absolute Gasteiger partial charge is 0.332 e. The molecule has 0 saturated heterocycles. The molecule has 3 N–H and O–H groups in total. The number of esters is 2. The Hall–Kier alpha value is -1.63. The molecule has 0 bridgehead atoms. The van der Waals surface area contributed by atoms with Crippen LogP contribution in [0.4, 0.5) is 0 Å². The number of hydrogen-bond acceptors (Lipinski definition) is 6. The number of ether oxygens (including phenoxy) is 2. The van der Waals surface area contributed by atoms with E-state index in [4.69, 9.17) is 5.73 Å². The fourth-order valence-electron chi connectivity index (χ4n) is 1.21. The van der Waals surface area contributed by atoms with E-state index in [1.165, 1.54) is 7.11 Å². The van der Waals surface area contributed by atoms with Gasteiger partial charge < -0.3 is 20.5 Å². The summed E-state index contributed by atoms with van der Waals surface area (Å²) in [5.74, 6) is -2.37. The largest absolute Gasteiger partial charge is 0.467 e. The van der Waals surface area contributed by atoms with Crippen molar-refractivity contribution in [3.8, 4) is 0 Å². The Morgan fingerprint density at radius 3 is 2.17 bits per heavy atom. The van der Waals surface area contributed by atoms with Gasteiger partial charge >= 0.3 is 11.9 Å². The number of nitrogens with one attached hydrogen (secondary N) is 1. The van der Waals surface area contributed by atoms with Crippen LogP contribution in [0.3, 0.4) is 0 Å². The first-order valence-corrected chi connectivity index (χ1v) is 5.65. The molecule has 0 aliphatic carbocycles. The van der Waals surface area contributed by atoms with Gasteiger partial charge in [0, 0.05) is 0 Å². The molecule has 2 unspecified atom stereocenters. The van der Waals surface area contributed by atoms with Gasteiger partial charge in [-0.2, -0.15) is 0 Å². The lowest BCUT2D eigenvalue weighted by Crippen LogP contribution is -2.53. The number of nitrogens with two attached hydrogens (primary N) is 1. The lowest BCUT2D eigenvalue weighted by atomic mass is 10.0. The van der Waals surface area contributed by atoms with Crippen LogP contribution in [-0.2, 0) is 23.9 Å². The monoisotopic (exact) mass is 260 g/mol. The third-order valence-corrected chi connectivity index (χ3v) is 2.24. The highest BCUT2D eigenvalue weighted by atomic mass is 16.5. The number of methoxy groups -OCH3 is 1. The molecule has 0 rings (SSSR count). The molecule has 2 atom stereocenters. The van der Waals surface area contributed by atoms with Gasteiger partial charge in [-0.1, -0.05) is 13.8 Å². The van der Waals surface area contributed by atoms with Gasteiger partial charge in [0.15, 0.2) is 6.04 Å². The summed E-state index contributed by atoms with van der Waals surface area (Å²) in [7, 11) is 1.22. The SMILES string of the molecule is CCOC(=O)C(N)C(=O)NC(C(=O)OC)C(C)C.